The van der Waals surface area contributed by atoms with E-state index in [1.165, 1.54) is 68.3 Å². The molecule has 4 unspecified atom stereocenters. The molecule has 3 saturated heterocycles. The van der Waals surface area contributed by atoms with Gasteiger partial charge in [-0.1, -0.05) is 25.1 Å². The van der Waals surface area contributed by atoms with Gasteiger partial charge in [0.1, 0.15) is 0 Å². The van der Waals surface area contributed by atoms with Crippen molar-refractivity contribution in [3.63, 3.8) is 0 Å². The van der Waals surface area contributed by atoms with Crippen molar-refractivity contribution in [2.45, 2.75) is 122 Å². The van der Waals surface area contributed by atoms with E-state index in [1.54, 1.807) is 0 Å². The van der Waals surface area contributed by atoms with Crippen molar-refractivity contribution in [1.29, 1.82) is 0 Å². The van der Waals surface area contributed by atoms with Crippen molar-refractivity contribution in [3.8, 4) is 0 Å². The molecule has 1 aromatic carbocycles. The van der Waals surface area contributed by atoms with Crippen LogP contribution in [-0.2, 0) is 9.47 Å². The Bertz CT molecular complexity index is 779. The molecule has 3 aliphatic heterocycles. The highest BCUT2D eigenvalue weighted by atomic mass is 16.5. The average molecular weight is 515 g/mol. The fourth-order valence-electron chi connectivity index (χ4n) is 6.60. The lowest BCUT2D eigenvalue weighted by molar-refractivity contribution is 0.0410. The minimum atomic E-state index is 0.297. The summed E-state index contributed by atoms with van der Waals surface area (Å²) in [6.45, 7) is 13.7. The molecule has 6 heteroatoms. The third-order valence-corrected chi connectivity index (χ3v) is 8.74. The third-order valence-electron chi connectivity index (χ3n) is 8.74. The summed E-state index contributed by atoms with van der Waals surface area (Å²) in [5, 5.41) is 14.9. The quantitative estimate of drug-likeness (QED) is 0.249. The molecule has 0 radical (unpaired) electrons. The molecule has 0 aromatic heterocycles. The molecule has 0 bridgehead atoms. The van der Waals surface area contributed by atoms with Crippen molar-refractivity contribution >= 4 is 5.69 Å². The molecule has 1 aromatic rings. The number of rotatable bonds is 15. The first kappa shape index (κ1) is 28.8. The van der Waals surface area contributed by atoms with Gasteiger partial charge in [-0.05, 0) is 102 Å². The van der Waals surface area contributed by atoms with Crippen LogP contribution in [0, 0.1) is 19.8 Å². The number of anilines is 1. The Morgan fingerprint density at radius 1 is 0.892 bits per heavy atom. The SMILES string of the molecule is Cc1cccc(C)c1NC[C@@H]1CCC(CC(C)OC[C@@H]2CCC(CC(C)COCC[C@@H]3CCCN3)N2)N1. The van der Waals surface area contributed by atoms with Crippen LogP contribution in [-0.4, -0.2) is 69.2 Å². The topological polar surface area (TPSA) is 66.6 Å². The van der Waals surface area contributed by atoms with Gasteiger partial charge in [-0.2, -0.15) is 0 Å². The molecule has 4 rings (SSSR count). The molecule has 7 atom stereocenters. The van der Waals surface area contributed by atoms with Gasteiger partial charge in [-0.15, -0.1) is 0 Å². The maximum atomic E-state index is 6.32. The van der Waals surface area contributed by atoms with E-state index >= 15 is 0 Å². The van der Waals surface area contributed by atoms with Crippen molar-refractivity contribution < 1.29 is 9.47 Å². The van der Waals surface area contributed by atoms with Crippen LogP contribution in [0.1, 0.15) is 82.8 Å². The van der Waals surface area contributed by atoms with Crippen LogP contribution in [0.3, 0.4) is 0 Å². The van der Waals surface area contributed by atoms with Gasteiger partial charge in [0, 0.05) is 55.7 Å². The molecule has 6 nitrogen and oxygen atoms in total. The minimum absolute atomic E-state index is 0.297. The van der Waals surface area contributed by atoms with Gasteiger partial charge in [-0.3, -0.25) is 0 Å². The van der Waals surface area contributed by atoms with Crippen LogP contribution in [0.5, 0.6) is 0 Å². The van der Waals surface area contributed by atoms with E-state index in [4.69, 9.17) is 9.47 Å². The molecule has 3 heterocycles. The summed E-state index contributed by atoms with van der Waals surface area (Å²) in [7, 11) is 0. The van der Waals surface area contributed by atoms with Crippen LogP contribution >= 0.6 is 0 Å². The van der Waals surface area contributed by atoms with Gasteiger partial charge in [-0.25, -0.2) is 0 Å². The lowest BCUT2D eigenvalue weighted by Gasteiger charge is -2.22. The van der Waals surface area contributed by atoms with Gasteiger partial charge >= 0.3 is 0 Å². The Hall–Kier alpha value is -1.18. The Balaban J connectivity index is 1.04. The van der Waals surface area contributed by atoms with Crippen molar-refractivity contribution in [2.24, 2.45) is 5.92 Å². The number of hydrogen-bond acceptors (Lipinski definition) is 6. The predicted octanol–water partition coefficient (Wildman–Crippen LogP) is 4.94. The molecular formula is C31H54N4O2. The first-order valence-electron chi connectivity index (χ1n) is 15.2. The number of hydrogen-bond donors (Lipinski definition) is 4. The maximum absolute atomic E-state index is 6.32. The van der Waals surface area contributed by atoms with E-state index in [2.05, 4.69) is 67.2 Å². The molecule has 3 fully saturated rings. The van der Waals surface area contributed by atoms with Crippen LogP contribution < -0.4 is 21.3 Å². The van der Waals surface area contributed by atoms with Gasteiger partial charge in [0.2, 0.25) is 0 Å². The summed E-state index contributed by atoms with van der Waals surface area (Å²) in [6, 6.07) is 9.41. The molecule has 3 aliphatic rings. The number of para-hydroxylation sites is 1. The summed E-state index contributed by atoms with van der Waals surface area (Å²) >= 11 is 0. The highest BCUT2D eigenvalue weighted by molar-refractivity contribution is 5.56. The second-order valence-corrected chi connectivity index (χ2v) is 12.3. The summed E-state index contributed by atoms with van der Waals surface area (Å²) in [5.41, 5.74) is 3.95. The summed E-state index contributed by atoms with van der Waals surface area (Å²) in [5.74, 6) is 0.609. The third kappa shape index (κ3) is 9.50. The Kier molecular flexibility index (Phi) is 11.6. The first-order valence-corrected chi connectivity index (χ1v) is 15.2. The monoisotopic (exact) mass is 514 g/mol. The van der Waals surface area contributed by atoms with Crippen LogP contribution in [0.2, 0.25) is 0 Å². The van der Waals surface area contributed by atoms with Gasteiger partial charge in [0.15, 0.2) is 0 Å². The van der Waals surface area contributed by atoms with E-state index in [9.17, 15) is 0 Å². The standard InChI is InChI=1S/C31H54N4O2/c1-22(20-36-16-14-26-9-6-15-32-26)17-27-11-13-30(35-27)21-37-25(4)18-28-10-12-29(34-28)19-33-31-23(2)7-5-8-24(31)3/h5,7-8,22,25-30,32-35H,6,9-21H2,1-4H3/t22?,25?,26-,27?,28?,29-,30-/m0/s1. The summed E-state index contributed by atoms with van der Waals surface area (Å²) in [6.07, 6.45) is 11.4. The Morgan fingerprint density at radius 3 is 2.35 bits per heavy atom. The van der Waals surface area contributed by atoms with E-state index in [0.29, 0.717) is 42.2 Å². The highest BCUT2D eigenvalue weighted by Gasteiger charge is 2.28. The average Bonchev–Trinajstić information content (AvgIpc) is 3.63. The van der Waals surface area contributed by atoms with Crippen molar-refractivity contribution in [2.75, 3.05) is 38.2 Å². The number of aryl methyl sites for hydroxylation is 2. The van der Waals surface area contributed by atoms with E-state index < -0.39 is 0 Å². The summed E-state index contributed by atoms with van der Waals surface area (Å²) in [4.78, 5) is 0. The zero-order chi connectivity index (χ0) is 26.0. The molecule has 0 aliphatic carbocycles. The zero-order valence-corrected chi connectivity index (χ0v) is 24.0. The maximum Gasteiger partial charge on any atom is 0.0623 e. The number of nitrogens with one attached hydrogen (secondary N) is 4. The molecule has 37 heavy (non-hydrogen) atoms. The molecular weight excluding hydrogens is 460 g/mol. The molecule has 210 valence electrons. The van der Waals surface area contributed by atoms with E-state index in [-0.39, 0.29) is 0 Å². The van der Waals surface area contributed by atoms with Crippen LogP contribution in [0.4, 0.5) is 5.69 Å². The molecule has 0 saturated carbocycles. The predicted molar refractivity (Wildman–Crippen MR) is 155 cm³/mol. The number of benzene rings is 1. The lowest BCUT2D eigenvalue weighted by Crippen LogP contribution is -2.38. The normalized spacial score (nSPS) is 29.6. The molecule has 0 amide bonds. The van der Waals surface area contributed by atoms with E-state index in [0.717, 1.165) is 39.2 Å². The first-order chi connectivity index (χ1) is 18.0. The zero-order valence-electron chi connectivity index (χ0n) is 24.0. The second kappa shape index (κ2) is 14.8. The van der Waals surface area contributed by atoms with Gasteiger partial charge < -0.3 is 30.7 Å². The summed E-state index contributed by atoms with van der Waals surface area (Å²) < 4.78 is 12.3. The number of ether oxygens (including phenoxy) is 2. The smallest absolute Gasteiger partial charge is 0.0623 e. The van der Waals surface area contributed by atoms with Gasteiger partial charge in [0.25, 0.3) is 0 Å². The van der Waals surface area contributed by atoms with Crippen molar-refractivity contribution in [1.82, 2.24) is 16.0 Å². The molecule has 0 spiro atoms. The Morgan fingerprint density at radius 2 is 1.59 bits per heavy atom. The Labute approximate surface area is 226 Å². The van der Waals surface area contributed by atoms with E-state index in [1.807, 2.05) is 0 Å². The fourth-order valence-corrected chi connectivity index (χ4v) is 6.60. The van der Waals surface area contributed by atoms with Gasteiger partial charge in [0.05, 0.1) is 12.7 Å². The van der Waals surface area contributed by atoms with Crippen LogP contribution in [0.25, 0.3) is 0 Å². The van der Waals surface area contributed by atoms with Crippen LogP contribution in [0.15, 0.2) is 18.2 Å². The molecule has 4 N–H and O–H groups in total. The van der Waals surface area contributed by atoms with Crippen molar-refractivity contribution in [3.05, 3.63) is 29.3 Å². The minimum Gasteiger partial charge on any atom is -0.383 e. The largest absolute Gasteiger partial charge is 0.383 e. The lowest BCUT2D eigenvalue weighted by atomic mass is 10.0. The fraction of sp³-hybridized carbons (Fsp3) is 0.806. The highest BCUT2D eigenvalue weighted by Crippen LogP contribution is 2.23. The second-order valence-electron chi connectivity index (χ2n) is 12.3.